The number of ether oxygens (including phenoxy) is 1. The molecule has 192 valence electrons. The Labute approximate surface area is 208 Å². The van der Waals surface area contributed by atoms with Crippen molar-refractivity contribution in [1.82, 2.24) is 19.4 Å². The van der Waals surface area contributed by atoms with Crippen LogP contribution in [0.5, 0.6) is 5.75 Å². The molecule has 0 atom stereocenters. The van der Waals surface area contributed by atoms with Gasteiger partial charge in [-0.15, -0.1) is 0 Å². The first kappa shape index (κ1) is 24.6. The molecule has 3 aromatic rings. The van der Waals surface area contributed by atoms with Gasteiger partial charge in [0.15, 0.2) is 0 Å². The lowest BCUT2D eigenvalue weighted by atomic mass is 9.94. The molecule has 0 unspecified atom stereocenters. The summed E-state index contributed by atoms with van der Waals surface area (Å²) < 4.78 is 46.8. The number of alkyl halides is 3. The van der Waals surface area contributed by atoms with E-state index in [4.69, 9.17) is 4.74 Å². The number of amides is 1. The lowest BCUT2D eigenvalue weighted by Crippen LogP contribution is -2.51. The van der Waals surface area contributed by atoms with Crippen molar-refractivity contribution in [1.29, 1.82) is 0 Å². The summed E-state index contributed by atoms with van der Waals surface area (Å²) in [6.07, 6.45) is 0.977. The number of pyridine rings is 1. The lowest BCUT2D eigenvalue weighted by molar-refractivity contribution is -0.161. The second-order valence-corrected chi connectivity index (χ2v) is 10.4. The molecule has 1 amide bonds. The summed E-state index contributed by atoms with van der Waals surface area (Å²) in [5.41, 5.74) is 0.740. The van der Waals surface area contributed by atoms with E-state index in [0.717, 1.165) is 36.2 Å². The number of fused-ring (bicyclic) bond motifs is 1. The minimum Gasteiger partial charge on any atom is -0.489 e. The van der Waals surface area contributed by atoms with Crippen LogP contribution in [0.2, 0.25) is 0 Å². The molecule has 0 spiro atoms. The maximum absolute atomic E-state index is 12.9. The van der Waals surface area contributed by atoms with E-state index in [9.17, 15) is 18.0 Å². The summed E-state index contributed by atoms with van der Waals surface area (Å²) >= 11 is 0. The van der Waals surface area contributed by atoms with Crippen LogP contribution in [0, 0.1) is 0 Å². The summed E-state index contributed by atoms with van der Waals surface area (Å²) in [5, 5.41) is 0.976. The quantitative estimate of drug-likeness (QED) is 0.452. The molecule has 0 saturated carbocycles. The highest BCUT2D eigenvalue weighted by Gasteiger charge is 2.41. The number of hydrogen-bond acceptors (Lipinski definition) is 4. The first-order valence-corrected chi connectivity index (χ1v) is 12.4. The van der Waals surface area contributed by atoms with Gasteiger partial charge in [0.05, 0.1) is 18.1 Å². The fourth-order valence-corrected chi connectivity index (χ4v) is 5.14. The number of nitrogens with zero attached hydrogens (tertiary/aromatic N) is 4. The highest BCUT2D eigenvalue weighted by molar-refractivity contribution is 5.98. The number of aromatic nitrogens is 2. The Balaban J connectivity index is 1.21. The van der Waals surface area contributed by atoms with Gasteiger partial charge in [0.25, 0.3) is 5.91 Å². The fourth-order valence-electron chi connectivity index (χ4n) is 5.14. The lowest BCUT2D eigenvalue weighted by Gasteiger charge is -2.43. The van der Waals surface area contributed by atoms with E-state index in [1.54, 1.807) is 20.0 Å². The van der Waals surface area contributed by atoms with Gasteiger partial charge >= 0.3 is 6.18 Å². The van der Waals surface area contributed by atoms with Crippen LogP contribution < -0.4 is 4.74 Å². The SMILES string of the molecule is CC(C)(CC(F)(F)F)N1CCC(Oc2ccc(-n3ccc4cc(C(=O)N5CCC5)ccc43)nc2)CC1. The topological polar surface area (TPSA) is 50.6 Å². The zero-order valence-corrected chi connectivity index (χ0v) is 20.6. The van der Waals surface area contributed by atoms with E-state index in [1.807, 2.05) is 57.0 Å². The van der Waals surface area contributed by atoms with Crippen molar-refractivity contribution < 1.29 is 22.7 Å². The Morgan fingerprint density at radius 3 is 2.42 bits per heavy atom. The van der Waals surface area contributed by atoms with E-state index in [-0.39, 0.29) is 12.0 Å². The molecule has 2 aliphatic heterocycles. The highest BCUT2D eigenvalue weighted by atomic mass is 19.4. The third-order valence-electron chi connectivity index (χ3n) is 7.28. The van der Waals surface area contributed by atoms with Gasteiger partial charge in [-0.2, -0.15) is 13.2 Å². The molecule has 2 aliphatic rings. The molecule has 4 heterocycles. The largest absolute Gasteiger partial charge is 0.489 e. The molecule has 2 fully saturated rings. The molecule has 6 nitrogen and oxygen atoms in total. The number of carbonyl (C=O) groups excluding carboxylic acids is 1. The first-order valence-electron chi connectivity index (χ1n) is 12.4. The van der Waals surface area contributed by atoms with Crippen molar-refractivity contribution in [2.45, 2.75) is 57.3 Å². The van der Waals surface area contributed by atoms with Crippen LogP contribution in [0.3, 0.4) is 0 Å². The fraction of sp³-hybridized carbons (Fsp3) is 0.481. The van der Waals surface area contributed by atoms with E-state index < -0.39 is 18.1 Å². The first-order chi connectivity index (χ1) is 17.1. The van der Waals surface area contributed by atoms with Crippen LogP contribution >= 0.6 is 0 Å². The summed E-state index contributed by atoms with van der Waals surface area (Å²) in [5.74, 6) is 1.46. The number of hydrogen-bond donors (Lipinski definition) is 0. The molecule has 1 aromatic carbocycles. The molecular formula is C27H31F3N4O2. The van der Waals surface area contributed by atoms with Gasteiger partial charge in [-0.3, -0.25) is 9.69 Å². The predicted octanol–water partition coefficient (Wildman–Crippen LogP) is 5.45. The predicted molar refractivity (Wildman–Crippen MR) is 132 cm³/mol. The molecule has 0 bridgehead atoms. The van der Waals surface area contributed by atoms with E-state index >= 15 is 0 Å². The number of carbonyl (C=O) groups is 1. The van der Waals surface area contributed by atoms with Crippen molar-refractivity contribution in [2.24, 2.45) is 0 Å². The number of piperidine rings is 1. The Morgan fingerprint density at radius 1 is 1.06 bits per heavy atom. The van der Waals surface area contributed by atoms with Crippen LogP contribution in [0.4, 0.5) is 13.2 Å². The molecule has 9 heteroatoms. The van der Waals surface area contributed by atoms with Crippen molar-refractivity contribution in [3.8, 4) is 11.6 Å². The molecule has 0 radical (unpaired) electrons. The van der Waals surface area contributed by atoms with Crippen LogP contribution in [0.25, 0.3) is 16.7 Å². The molecule has 5 rings (SSSR count). The van der Waals surface area contributed by atoms with Gasteiger partial charge in [-0.05, 0) is 69.5 Å². The Kier molecular flexibility index (Phi) is 6.44. The smallest absolute Gasteiger partial charge is 0.390 e. The van der Waals surface area contributed by atoms with Crippen LogP contribution in [0.1, 0.15) is 49.9 Å². The maximum atomic E-state index is 12.9. The average Bonchev–Trinajstić information content (AvgIpc) is 3.20. The minimum atomic E-state index is -4.18. The van der Waals surface area contributed by atoms with Gasteiger partial charge < -0.3 is 14.2 Å². The van der Waals surface area contributed by atoms with E-state index in [0.29, 0.717) is 37.2 Å². The second kappa shape index (κ2) is 9.42. The number of rotatable bonds is 6. The highest BCUT2D eigenvalue weighted by Crippen LogP contribution is 2.33. The Hall–Kier alpha value is -3.07. The van der Waals surface area contributed by atoms with Crippen LogP contribution in [-0.2, 0) is 0 Å². The summed E-state index contributed by atoms with van der Waals surface area (Å²) in [6.45, 7) is 6.09. The third-order valence-corrected chi connectivity index (χ3v) is 7.28. The normalized spacial score (nSPS) is 17.9. The van der Waals surface area contributed by atoms with E-state index in [2.05, 4.69) is 4.98 Å². The average molecular weight is 501 g/mol. The Bertz CT molecular complexity index is 1220. The van der Waals surface area contributed by atoms with Crippen molar-refractivity contribution in [3.05, 3.63) is 54.4 Å². The second-order valence-electron chi connectivity index (χ2n) is 10.4. The van der Waals surface area contributed by atoms with Crippen LogP contribution in [-0.4, -0.2) is 69.3 Å². The van der Waals surface area contributed by atoms with Crippen molar-refractivity contribution >= 4 is 16.8 Å². The van der Waals surface area contributed by atoms with Gasteiger partial charge in [0, 0.05) is 48.9 Å². The maximum Gasteiger partial charge on any atom is 0.390 e. The van der Waals surface area contributed by atoms with Gasteiger partial charge in [-0.1, -0.05) is 0 Å². The zero-order chi connectivity index (χ0) is 25.5. The third kappa shape index (κ3) is 5.21. The number of likely N-dealkylation sites (tertiary alicyclic amines) is 2. The standard InChI is InChI=1S/C27H31F3N4O2/c1-26(2,18-27(28,29)30)33-13-9-21(10-14-33)36-22-5-7-24(31-17-22)34-15-8-19-16-20(4-6-23(19)34)25(35)32-11-3-12-32/h4-8,15-17,21H,3,9-14,18H2,1-2H3. The van der Waals surface area contributed by atoms with Crippen molar-refractivity contribution in [3.63, 3.8) is 0 Å². The van der Waals surface area contributed by atoms with Gasteiger partial charge in [-0.25, -0.2) is 4.98 Å². The molecule has 2 saturated heterocycles. The molecule has 36 heavy (non-hydrogen) atoms. The Morgan fingerprint density at radius 2 is 1.81 bits per heavy atom. The molecule has 0 aliphatic carbocycles. The summed E-state index contributed by atoms with van der Waals surface area (Å²) in [4.78, 5) is 20.8. The summed E-state index contributed by atoms with van der Waals surface area (Å²) in [7, 11) is 0. The van der Waals surface area contributed by atoms with Gasteiger partial charge in [0.1, 0.15) is 17.7 Å². The monoisotopic (exact) mass is 500 g/mol. The van der Waals surface area contributed by atoms with Crippen molar-refractivity contribution in [2.75, 3.05) is 26.2 Å². The zero-order valence-electron chi connectivity index (χ0n) is 20.6. The van der Waals surface area contributed by atoms with E-state index in [1.165, 1.54) is 0 Å². The summed E-state index contributed by atoms with van der Waals surface area (Å²) in [6, 6.07) is 11.5. The molecular weight excluding hydrogens is 469 g/mol. The molecule has 2 aromatic heterocycles. The molecule has 0 N–H and O–H groups in total. The number of halogens is 3. The minimum absolute atomic E-state index is 0.0506. The van der Waals surface area contributed by atoms with Gasteiger partial charge in [0.2, 0.25) is 0 Å². The van der Waals surface area contributed by atoms with Crippen LogP contribution in [0.15, 0.2) is 48.8 Å². The number of benzene rings is 1.